The van der Waals surface area contributed by atoms with E-state index in [1.54, 1.807) is 11.3 Å². The number of hydrogen-bond acceptors (Lipinski definition) is 3. The Morgan fingerprint density at radius 2 is 2.10 bits per heavy atom. The predicted molar refractivity (Wildman–Crippen MR) is 89.9 cm³/mol. The third-order valence-electron chi connectivity index (χ3n) is 3.30. The number of hydrogen-bond donors (Lipinski definition) is 1. The Bertz CT molecular complexity index is 661. The van der Waals surface area contributed by atoms with Gasteiger partial charge in [0.25, 0.3) is 0 Å². The van der Waals surface area contributed by atoms with Crippen molar-refractivity contribution in [2.75, 3.05) is 6.54 Å². The third kappa shape index (κ3) is 4.10. The van der Waals surface area contributed by atoms with Crippen molar-refractivity contribution in [3.05, 3.63) is 51.2 Å². The first-order valence-electron chi connectivity index (χ1n) is 7.10. The highest BCUT2D eigenvalue weighted by Gasteiger charge is 2.06. The molecular formula is C18H21NOS. The van der Waals surface area contributed by atoms with Gasteiger partial charge in [-0.3, -0.25) is 0 Å². The van der Waals surface area contributed by atoms with Gasteiger partial charge in [0.1, 0.15) is 12.4 Å². The van der Waals surface area contributed by atoms with Crippen LogP contribution in [0.4, 0.5) is 0 Å². The van der Waals surface area contributed by atoms with Crippen LogP contribution in [-0.2, 0) is 6.61 Å². The van der Waals surface area contributed by atoms with E-state index in [0.717, 1.165) is 16.2 Å². The molecule has 0 saturated carbocycles. The molecule has 1 aromatic carbocycles. The summed E-state index contributed by atoms with van der Waals surface area (Å²) in [6.07, 6.45) is 0. The Balaban J connectivity index is 2.07. The predicted octanol–water partition coefficient (Wildman–Crippen LogP) is 4.07. The minimum absolute atomic E-state index is 0.381. The van der Waals surface area contributed by atoms with Crippen LogP contribution in [0.2, 0.25) is 0 Å². The van der Waals surface area contributed by atoms with Gasteiger partial charge in [0, 0.05) is 5.56 Å². The summed E-state index contributed by atoms with van der Waals surface area (Å²) < 4.78 is 5.90. The van der Waals surface area contributed by atoms with Crippen LogP contribution in [0.5, 0.6) is 5.75 Å². The van der Waals surface area contributed by atoms with Crippen molar-refractivity contribution in [2.24, 2.45) is 5.73 Å². The number of ether oxygens (including phenoxy) is 1. The zero-order chi connectivity index (χ0) is 15.2. The van der Waals surface area contributed by atoms with Crippen LogP contribution in [0.1, 0.15) is 41.3 Å². The monoisotopic (exact) mass is 299 g/mol. The molecule has 0 fully saturated rings. The minimum Gasteiger partial charge on any atom is -0.488 e. The highest BCUT2D eigenvalue weighted by molar-refractivity contribution is 7.10. The number of nitrogens with two attached hydrogens (primary N) is 1. The summed E-state index contributed by atoms with van der Waals surface area (Å²) in [6, 6.07) is 8.31. The van der Waals surface area contributed by atoms with Crippen molar-refractivity contribution in [2.45, 2.75) is 33.3 Å². The molecule has 0 atom stereocenters. The molecule has 0 aliphatic rings. The zero-order valence-corrected chi connectivity index (χ0v) is 13.6. The van der Waals surface area contributed by atoms with Gasteiger partial charge in [-0.15, -0.1) is 11.3 Å². The maximum absolute atomic E-state index is 5.90. The third-order valence-corrected chi connectivity index (χ3v) is 4.20. The quantitative estimate of drug-likeness (QED) is 0.864. The number of benzene rings is 1. The molecule has 0 spiro atoms. The van der Waals surface area contributed by atoms with Crippen molar-refractivity contribution in [1.29, 1.82) is 0 Å². The van der Waals surface area contributed by atoms with E-state index < -0.39 is 0 Å². The van der Waals surface area contributed by atoms with E-state index in [1.165, 1.54) is 11.1 Å². The van der Waals surface area contributed by atoms with Crippen molar-refractivity contribution in [3.8, 4) is 17.6 Å². The molecule has 0 aliphatic heterocycles. The van der Waals surface area contributed by atoms with Gasteiger partial charge in [-0.25, -0.2) is 0 Å². The first kappa shape index (κ1) is 15.6. The molecule has 0 amide bonds. The number of thiophene rings is 1. The maximum atomic E-state index is 5.90. The first-order chi connectivity index (χ1) is 10.1. The summed E-state index contributed by atoms with van der Waals surface area (Å²) in [4.78, 5) is 1.14. The van der Waals surface area contributed by atoms with Gasteiger partial charge in [-0.2, -0.15) is 0 Å². The van der Waals surface area contributed by atoms with Crippen molar-refractivity contribution >= 4 is 11.3 Å². The summed E-state index contributed by atoms with van der Waals surface area (Å²) >= 11 is 1.66. The molecule has 21 heavy (non-hydrogen) atoms. The largest absolute Gasteiger partial charge is 0.488 e. The zero-order valence-electron chi connectivity index (χ0n) is 12.8. The van der Waals surface area contributed by atoms with Crippen LogP contribution in [0, 0.1) is 18.8 Å². The second-order valence-corrected chi connectivity index (χ2v) is 6.23. The molecule has 0 radical (unpaired) electrons. The summed E-state index contributed by atoms with van der Waals surface area (Å²) in [6.45, 7) is 7.47. The van der Waals surface area contributed by atoms with E-state index in [-0.39, 0.29) is 0 Å². The first-order valence-corrected chi connectivity index (χ1v) is 7.98. The van der Waals surface area contributed by atoms with Gasteiger partial charge >= 0.3 is 0 Å². The average Bonchev–Trinajstić information content (AvgIpc) is 2.90. The molecule has 3 heteroatoms. The van der Waals surface area contributed by atoms with E-state index in [1.807, 2.05) is 17.5 Å². The molecule has 2 nitrogen and oxygen atoms in total. The molecule has 2 aromatic rings. The molecule has 0 aliphatic carbocycles. The lowest BCUT2D eigenvalue weighted by atomic mass is 9.98. The average molecular weight is 299 g/mol. The smallest absolute Gasteiger partial charge is 0.124 e. The van der Waals surface area contributed by atoms with Crippen LogP contribution in [0.15, 0.2) is 29.6 Å². The molecule has 0 bridgehead atoms. The van der Waals surface area contributed by atoms with Crippen LogP contribution >= 0.6 is 11.3 Å². The van der Waals surface area contributed by atoms with Crippen LogP contribution in [-0.4, -0.2) is 6.54 Å². The second-order valence-electron chi connectivity index (χ2n) is 5.23. The van der Waals surface area contributed by atoms with Crippen molar-refractivity contribution in [1.82, 2.24) is 0 Å². The molecule has 2 N–H and O–H groups in total. The van der Waals surface area contributed by atoms with Crippen LogP contribution in [0.3, 0.4) is 0 Å². The maximum Gasteiger partial charge on any atom is 0.124 e. The van der Waals surface area contributed by atoms with Gasteiger partial charge < -0.3 is 10.5 Å². The summed E-state index contributed by atoms with van der Waals surface area (Å²) in [5.74, 6) is 7.41. The highest BCUT2D eigenvalue weighted by atomic mass is 32.1. The fraction of sp³-hybridized carbons (Fsp3) is 0.333. The standard InChI is InChI=1S/C18H21NOS/c1-13(2)17-7-6-16(11-14(17)3)20-12-18-15(5-4-9-19)8-10-21-18/h6-8,10-11,13H,9,12,19H2,1-3H3. The summed E-state index contributed by atoms with van der Waals surface area (Å²) in [5.41, 5.74) is 9.07. The lowest BCUT2D eigenvalue weighted by Crippen LogP contribution is -1.98. The normalized spacial score (nSPS) is 10.3. The molecule has 0 saturated heterocycles. The Hall–Kier alpha value is -1.76. The van der Waals surface area contributed by atoms with E-state index >= 15 is 0 Å². The van der Waals surface area contributed by atoms with Crippen molar-refractivity contribution in [3.63, 3.8) is 0 Å². The Kier molecular flexibility index (Phi) is 5.44. The van der Waals surface area contributed by atoms with Gasteiger partial charge in [0.05, 0.1) is 11.4 Å². The fourth-order valence-electron chi connectivity index (χ4n) is 2.24. The van der Waals surface area contributed by atoms with Crippen LogP contribution < -0.4 is 10.5 Å². The molecule has 110 valence electrons. The van der Waals surface area contributed by atoms with E-state index in [0.29, 0.717) is 19.1 Å². The second kappa shape index (κ2) is 7.31. The molecular weight excluding hydrogens is 278 g/mol. The Labute approximate surface area is 131 Å². The van der Waals surface area contributed by atoms with Crippen LogP contribution in [0.25, 0.3) is 0 Å². The Morgan fingerprint density at radius 1 is 1.29 bits per heavy atom. The van der Waals surface area contributed by atoms with Crippen molar-refractivity contribution < 1.29 is 4.74 Å². The molecule has 1 heterocycles. The topological polar surface area (TPSA) is 35.2 Å². The fourth-order valence-corrected chi connectivity index (χ4v) is 2.99. The minimum atomic E-state index is 0.381. The van der Waals surface area contributed by atoms with Gasteiger partial charge in [0.15, 0.2) is 0 Å². The van der Waals surface area contributed by atoms with Gasteiger partial charge in [-0.05, 0) is 47.5 Å². The summed E-state index contributed by atoms with van der Waals surface area (Å²) in [5, 5.41) is 2.03. The number of aryl methyl sites for hydroxylation is 1. The van der Waals surface area contributed by atoms with E-state index in [4.69, 9.17) is 10.5 Å². The molecule has 1 aromatic heterocycles. The number of rotatable bonds is 4. The van der Waals surface area contributed by atoms with E-state index in [9.17, 15) is 0 Å². The lowest BCUT2D eigenvalue weighted by molar-refractivity contribution is 0.309. The van der Waals surface area contributed by atoms with Gasteiger partial charge in [-0.1, -0.05) is 31.8 Å². The molecule has 0 unspecified atom stereocenters. The summed E-state index contributed by atoms with van der Waals surface area (Å²) in [7, 11) is 0. The molecule has 2 rings (SSSR count). The van der Waals surface area contributed by atoms with Gasteiger partial charge in [0.2, 0.25) is 0 Å². The lowest BCUT2D eigenvalue weighted by Gasteiger charge is -2.12. The Morgan fingerprint density at radius 3 is 2.76 bits per heavy atom. The SMILES string of the molecule is Cc1cc(OCc2sccc2C#CCN)ccc1C(C)C. The highest BCUT2D eigenvalue weighted by Crippen LogP contribution is 2.25. The van der Waals surface area contributed by atoms with E-state index in [2.05, 4.69) is 44.7 Å².